The normalized spacial score (nSPS) is 28.5. The number of fused-ring (bicyclic) bond motifs is 1. The van der Waals surface area contributed by atoms with Gasteiger partial charge < -0.3 is 18.8 Å². The fourth-order valence-corrected chi connectivity index (χ4v) is 3.86. The third kappa shape index (κ3) is 9.30. The number of unbranched alkanes of at least 4 members (excludes halogenated alkanes) is 8. The minimum Gasteiger partial charge on any atom is -0.726 e. The SMILES string of the molecule is CCCCCCCCCCCC1OCC2OCC(OS(=O)(=O)[O-])C2O1.[Na+]. The largest absolute Gasteiger partial charge is 1.00 e. The zero-order valence-electron chi connectivity index (χ0n) is 16.1. The van der Waals surface area contributed by atoms with Crippen molar-refractivity contribution in [2.45, 2.75) is 95.7 Å². The molecule has 0 amide bonds. The second kappa shape index (κ2) is 13.1. The van der Waals surface area contributed by atoms with Gasteiger partial charge in [0.25, 0.3) is 0 Å². The van der Waals surface area contributed by atoms with Gasteiger partial charge in [-0.1, -0.05) is 58.3 Å². The van der Waals surface area contributed by atoms with Crippen molar-refractivity contribution in [3.8, 4) is 0 Å². The summed E-state index contributed by atoms with van der Waals surface area (Å²) in [4.78, 5) is 0. The van der Waals surface area contributed by atoms with E-state index in [4.69, 9.17) is 14.2 Å². The summed E-state index contributed by atoms with van der Waals surface area (Å²) in [7, 11) is -4.76. The average molecular weight is 402 g/mol. The molecule has 0 N–H and O–H groups in total. The van der Waals surface area contributed by atoms with Crippen LogP contribution < -0.4 is 29.6 Å². The van der Waals surface area contributed by atoms with Gasteiger partial charge in [0.2, 0.25) is 10.4 Å². The van der Waals surface area contributed by atoms with Crippen LogP contribution in [-0.4, -0.2) is 50.8 Å². The summed E-state index contributed by atoms with van der Waals surface area (Å²) >= 11 is 0. The van der Waals surface area contributed by atoms with E-state index in [0.29, 0.717) is 6.61 Å². The summed E-state index contributed by atoms with van der Waals surface area (Å²) in [5.41, 5.74) is 0. The Balaban J connectivity index is 0.00000338. The molecule has 2 rings (SSSR count). The maximum absolute atomic E-state index is 10.8. The van der Waals surface area contributed by atoms with Crippen LogP contribution in [-0.2, 0) is 28.8 Å². The van der Waals surface area contributed by atoms with E-state index in [2.05, 4.69) is 11.1 Å². The second-order valence-electron chi connectivity index (χ2n) is 6.90. The minimum atomic E-state index is -4.76. The van der Waals surface area contributed by atoms with Crippen LogP contribution in [0.3, 0.4) is 0 Å². The molecule has 0 aromatic heterocycles. The van der Waals surface area contributed by atoms with Gasteiger partial charge in [-0.15, -0.1) is 0 Å². The summed E-state index contributed by atoms with van der Waals surface area (Å²) < 4.78 is 53.6. The van der Waals surface area contributed by atoms with Crippen molar-refractivity contribution >= 4 is 10.4 Å². The smallest absolute Gasteiger partial charge is 0.726 e. The molecule has 148 valence electrons. The molecule has 2 fully saturated rings. The first-order chi connectivity index (χ1) is 12.0. The van der Waals surface area contributed by atoms with Crippen LogP contribution in [0.1, 0.15) is 71.1 Å². The van der Waals surface area contributed by atoms with Crippen molar-refractivity contribution < 1.29 is 60.9 Å². The molecule has 7 nitrogen and oxygen atoms in total. The van der Waals surface area contributed by atoms with Gasteiger partial charge in [0.1, 0.15) is 18.3 Å². The summed E-state index contributed by atoms with van der Waals surface area (Å²) in [6.07, 6.45) is 9.79. The first-order valence-corrected chi connectivity index (χ1v) is 10.9. The fraction of sp³-hybridized carbons (Fsp3) is 1.00. The van der Waals surface area contributed by atoms with Crippen molar-refractivity contribution in [1.29, 1.82) is 0 Å². The van der Waals surface area contributed by atoms with Crippen LogP contribution in [0, 0.1) is 0 Å². The molecule has 0 spiro atoms. The van der Waals surface area contributed by atoms with Gasteiger partial charge in [0.15, 0.2) is 6.29 Å². The van der Waals surface area contributed by atoms with Crippen LogP contribution in [0.2, 0.25) is 0 Å². The molecule has 0 aromatic rings. The van der Waals surface area contributed by atoms with Crippen LogP contribution >= 0.6 is 0 Å². The number of rotatable bonds is 12. The first kappa shape index (κ1) is 24.8. The number of hydrogen-bond acceptors (Lipinski definition) is 7. The van der Waals surface area contributed by atoms with Gasteiger partial charge >= 0.3 is 29.6 Å². The molecule has 2 aliphatic rings. The first-order valence-electron chi connectivity index (χ1n) is 9.52. The molecular weight excluding hydrogens is 371 g/mol. The monoisotopic (exact) mass is 402 g/mol. The van der Waals surface area contributed by atoms with Crippen molar-refractivity contribution in [1.82, 2.24) is 0 Å². The maximum Gasteiger partial charge on any atom is 1.00 e. The Hall–Kier alpha value is 0.750. The summed E-state index contributed by atoms with van der Waals surface area (Å²) in [6, 6.07) is 0. The predicted octanol–water partition coefficient (Wildman–Crippen LogP) is -0.103. The molecule has 0 bridgehead atoms. The van der Waals surface area contributed by atoms with Crippen LogP contribution in [0.25, 0.3) is 0 Å². The van der Waals surface area contributed by atoms with Gasteiger partial charge in [0.05, 0.1) is 13.2 Å². The molecular formula is C17H31NaO7S. The van der Waals surface area contributed by atoms with Crippen LogP contribution in [0.4, 0.5) is 0 Å². The maximum atomic E-state index is 10.8. The Morgan fingerprint density at radius 2 is 1.58 bits per heavy atom. The average Bonchev–Trinajstić information content (AvgIpc) is 2.94. The molecule has 0 aliphatic carbocycles. The van der Waals surface area contributed by atoms with E-state index >= 15 is 0 Å². The van der Waals surface area contributed by atoms with E-state index in [1.807, 2.05) is 0 Å². The van der Waals surface area contributed by atoms with Crippen molar-refractivity contribution in [2.75, 3.05) is 13.2 Å². The van der Waals surface area contributed by atoms with E-state index < -0.39 is 22.6 Å². The number of hydrogen-bond donors (Lipinski definition) is 0. The summed E-state index contributed by atoms with van der Waals surface area (Å²) in [5.74, 6) is 0. The zero-order chi connectivity index (χ0) is 18.1. The zero-order valence-corrected chi connectivity index (χ0v) is 18.9. The Kier molecular flexibility index (Phi) is 12.5. The van der Waals surface area contributed by atoms with E-state index in [9.17, 15) is 13.0 Å². The molecule has 26 heavy (non-hydrogen) atoms. The van der Waals surface area contributed by atoms with Gasteiger partial charge in [-0.25, -0.2) is 8.42 Å². The Bertz CT molecular complexity index is 474. The van der Waals surface area contributed by atoms with Crippen LogP contribution in [0.5, 0.6) is 0 Å². The Labute approximate surface area is 179 Å². The summed E-state index contributed by atoms with van der Waals surface area (Å²) in [5, 5.41) is 0. The van der Waals surface area contributed by atoms with Crippen molar-refractivity contribution in [3.05, 3.63) is 0 Å². The Morgan fingerprint density at radius 1 is 0.962 bits per heavy atom. The van der Waals surface area contributed by atoms with Gasteiger partial charge in [0, 0.05) is 0 Å². The molecule has 4 atom stereocenters. The molecule has 2 aliphatic heterocycles. The number of ether oxygens (including phenoxy) is 3. The van der Waals surface area contributed by atoms with Gasteiger partial charge in [-0.3, -0.25) is 4.18 Å². The second-order valence-corrected chi connectivity index (χ2v) is 7.90. The third-order valence-corrected chi connectivity index (χ3v) is 5.23. The molecule has 4 unspecified atom stereocenters. The predicted molar refractivity (Wildman–Crippen MR) is 90.8 cm³/mol. The van der Waals surface area contributed by atoms with E-state index in [1.165, 1.54) is 44.9 Å². The third-order valence-electron chi connectivity index (χ3n) is 4.75. The summed E-state index contributed by atoms with van der Waals surface area (Å²) in [6.45, 7) is 2.60. The van der Waals surface area contributed by atoms with Gasteiger partial charge in [-0.2, -0.15) is 0 Å². The van der Waals surface area contributed by atoms with E-state index in [0.717, 1.165) is 19.3 Å². The molecule has 0 saturated carbocycles. The van der Waals surface area contributed by atoms with E-state index in [1.54, 1.807) is 0 Å². The topological polar surface area (TPSA) is 94.1 Å². The molecule has 0 aromatic carbocycles. The minimum absolute atomic E-state index is 0. The van der Waals surface area contributed by atoms with E-state index in [-0.39, 0.29) is 48.6 Å². The fourth-order valence-electron chi connectivity index (χ4n) is 3.39. The molecule has 0 radical (unpaired) electrons. The molecule has 9 heteroatoms. The quantitative estimate of drug-likeness (QED) is 0.195. The van der Waals surface area contributed by atoms with Crippen molar-refractivity contribution in [3.63, 3.8) is 0 Å². The molecule has 2 heterocycles. The van der Waals surface area contributed by atoms with Gasteiger partial charge in [-0.05, 0) is 12.8 Å². The Morgan fingerprint density at radius 3 is 2.19 bits per heavy atom. The standard InChI is InChI=1S/C17H32O7S.Na/c1-2-3-4-5-6-7-8-9-10-11-16-22-12-14-17(23-16)15(13-21-14)24-25(18,19)20;/h14-17H,2-13H2,1H3,(H,18,19,20);/q;+1/p-1. The van der Waals surface area contributed by atoms with Crippen LogP contribution in [0.15, 0.2) is 0 Å². The molecule has 2 saturated heterocycles. The van der Waals surface area contributed by atoms with Crippen molar-refractivity contribution in [2.24, 2.45) is 0 Å².